The van der Waals surface area contributed by atoms with Crippen LogP contribution < -0.4 is 10.6 Å². The predicted molar refractivity (Wildman–Crippen MR) is 81.2 cm³/mol. The van der Waals surface area contributed by atoms with Gasteiger partial charge in [-0.3, -0.25) is 9.59 Å². The number of carboxylic acid groups (broad SMARTS) is 1. The Morgan fingerprint density at radius 1 is 1.24 bits per heavy atom. The molecule has 2 atom stereocenters. The van der Waals surface area contributed by atoms with Gasteiger partial charge >= 0.3 is 5.97 Å². The Labute approximate surface area is 124 Å². The summed E-state index contributed by atoms with van der Waals surface area (Å²) in [5.74, 6) is -0.932. The molecule has 0 spiro atoms. The number of hydrogen-bond acceptors (Lipinski definition) is 3. The van der Waals surface area contributed by atoms with E-state index < -0.39 is 5.97 Å². The summed E-state index contributed by atoms with van der Waals surface area (Å²) in [5, 5.41) is 15.1. The van der Waals surface area contributed by atoms with Crippen molar-refractivity contribution in [1.29, 1.82) is 0 Å². The Hall–Kier alpha value is -2.04. The molecule has 2 rings (SSSR count). The van der Waals surface area contributed by atoms with Gasteiger partial charge < -0.3 is 15.7 Å². The number of rotatable bonds is 5. The van der Waals surface area contributed by atoms with Crippen LogP contribution in [0, 0.1) is 5.92 Å². The zero-order chi connectivity index (χ0) is 15.2. The molecule has 21 heavy (non-hydrogen) atoms. The quantitative estimate of drug-likeness (QED) is 0.775. The Morgan fingerprint density at radius 3 is 2.57 bits per heavy atom. The van der Waals surface area contributed by atoms with Crippen LogP contribution >= 0.6 is 0 Å². The van der Waals surface area contributed by atoms with Crippen molar-refractivity contribution < 1.29 is 14.7 Å². The number of nitrogens with one attached hydrogen (secondary N) is 2. The Balaban J connectivity index is 1.91. The van der Waals surface area contributed by atoms with Crippen molar-refractivity contribution in [3.8, 4) is 0 Å². The fourth-order valence-electron chi connectivity index (χ4n) is 2.77. The number of benzene rings is 1. The lowest BCUT2D eigenvalue weighted by molar-refractivity contribution is -0.142. The molecule has 5 heteroatoms. The van der Waals surface area contributed by atoms with Crippen LogP contribution in [0.25, 0.3) is 0 Å². The van der Waals surface area contributed by atoms with Gasteiger partial charge in [-0.15, -0.1) is 0 Å². The average Bonchev–Trinajstić information content (AvgIpc) is 2.49. The first kappa shape index (κ1) is 15.4. The predicted octanol–water partition coefficient (Wildman–Crippen LogP) is 2.03. The number of hydrogen-bond donors (Lipinski definition) is 3. The third kappa shape index (κ3) is 4.48. The summed E-state index contributed by atoms with van der Waals surface area (Å²) in [4.78, 5) is 22.4. The Kier molecular flexibility index (Phi) is 5.20. The van der Waals surface area contributed by atoms with Crippen LogP contribution in [-0.2, 0) is 16.0 Å². The van der Waals surface area contributed by atoms with Crippen molar-refractivity contribution in [2.24, 2.45) is 5.92 Å². The molecule has 0 radical (unpaired) electrons. The van der Waals surface area contributed by atoms with Crippen LogP contribution in [0.15, 0.2) is 24.3 Å². The first-order valence-electron chi connectivity index (χ1n) is 7.37. The zero-order valence-electron chi connectivity index (χ0n) is 12.3. The fraction of sp³-hybridized carbons (Fsp3) is 0.500. The number of amides is 1. The van der Waals surface area contributed by atoms with Gasteiger partial charge in [0.05, 0.1) is 12.3 Å². The molecule has 1 saturated carbocycles. The number of anilines is 1. The minimum atomic E-state index is -0.692. The van der Waals surface area contributed by atoms with Crippen molar-refractivity contribution >= 4 is 17.6 Å². The molecule has 0 bridgehead atoms. The Bertz CT molecular complexity index is 499. The van der Waals surface area contributed by atoms with E-state index in [1.807, 2.05) is 24.3 Å². The summed E-state index contributed by atoms with van der Waals surface area (Å²) in [7, 11) is 1.63. The minimum absolute atomic E-state index is 0.00714. The highest BCUT2D eigenvalue weighted by Crippen LogP contribution is 2.27. The van der Waals surface area contributed by atoms with Crippen molar-refractivity contribution in [2.45, 2.75) is 38.1 Å². The summed E-state index contributed by atoms with van der Waals surface area (Å²) in [5.41, 5.74) is 1.94. The molecule has 1 aliphatic rings. The van der Waals surface area contributed by atoms with E-state index in [4.69, 9.17) is 5.11 Å². The van der Waals surface area contributed by atoms with E-state index in [1.54, 1.807) is 7.05 Å². The van der Waals surface area contributed by atoms with Gasteiger partial charge in [0.2, 0.25) is 5.91 Å². The van der Waals surface area contributed by atoms with Gasteiger partial charge in [-0.05, 0) is 37.0 Å². The van der Waals surface area contributed by atoms with E-state index >= 15 is 0 Å². The normalized spacial score (nSPS) is 21.6. The largest absolute Gasteiger partial charge is 0.481 e. The molecular weight excluding hydrogens is 268 g/mol. The molecule has 0 heterocycles. The molecule has 2 unspecified atom stereocenters. The van der Waals surface area contributed by atoms with Gasteiger partial charge in [-0.25, -0.2) is 0 Å². The number of aliphatic carboxylic acids is 1. The maximum atomic E-state index is 11.3. The maximum absolute atomic E-state index is 11.3. The lowest BCUT2D eigenvalue weighted by Gasteiger charge is -2.28. The summed E-state index contributed by atoms with van der Waals surface area (Å²) >= 11 is 0. The number of carbonyl (C=O) groups is 2. The van der Waals surface area contributed by atoms with Gasteiger partial charge in [0.25, 0.3) is 0 Å². The monoisotopic (exact) mass is 290 g/mol. The molecule has 1 aromatic carbocycles. The molecule has 5 nitrogen and oxygen atoms in total. The molecule has 3 N–H and O–H groups in total. The van der Waals surface area contributed by atoms with Gasteiger partial charge in [-0.1, -0.05) is 18.6 Å². The topological polar surface area (TPSA) is 78.4 Å². The van der Waals surface area contributed by atoms with Gasteiger partial charge in [0.15, 0.2) is 0 Å². The lowest BCUT2D eigenvalue weighted by atomic mass is 9.85. The van der Waals surface area contributed by atoms with Crippen LogP contribution in [0.3, 0.4) is 0 Å². The van der Waals surface area contributed by atoms with Crippen molar-refractivity contribution in [2.75, 3.05) is 12.4 Å². The van der Waals surface area contributed by atoms with E-state index in [-0.39, 0.29) is 17.9 Å². The maximum Gasteiger partial charge on any atom is 0.306 e. The van der Waals surface area contributed by atoms with Gasteiger partial charge in [-0.2, -0.15) is 0 Å². The average molecular weight is 290 g/mol. The van der Waals surface area contributed by atoms with Crippen LogP contribution in [0.4, 0.5) is 5.69 Å². The SMILES string of the molecule is CNC(=O)Cc1ccc(NC2CCCC(C(=O)O)C2)cc1. The number of carbonyl (C=O) groups excluding carboxylic acids is 1. The standard InChI is InChI=1S/C16H22N2O3/c1-17-15(19)9-11-5-7-13(8-6-11)18-14-4-2-3-12(10-14)16(20)21/h5-8,12,14,18H,2-4,9-10H2,1H3,(H,17,19)(H,20,21). The third-order valence-corrected chi connectivity index (χ3v) is 3.99. The highest BCUT2D eigenvalue weighted by Gasteiger charge is 2.26. The second-order valence-corrected chi connectivity index (χ2v) is 5.59. The molecular formula is C16H22N2O3. The molecule has 1 aliphatic carbocycles. The summed E-state index contributed by atoms with van der Waals surface area (Å²) in [6.45, 7) is 0. The second kappa shape index (κ2) is 7.11. The van der Waals surface area contributed by atoms with Crippen LogP contribution in [0.2, 0.25) is 0 Å². The first-order valence-corrected chi connectivity index (χ1v) is 7.37. The smallest absolute Gasteiger partial charge is 0.306 e. The molecule has 0 saturated heterocycles. The van der Waals surface area contributed by atoms with E-state index in [0.717, 1.165) is 30.5 Å². The number of carboxylic acids is 1. The third-order valence-electron chi connectivity index (χ3n) is 3.99. The zero-order valence-corrected chi connectivity index (χ0v) is 12.3. The van der Waals surface area contributed by atoms with E-state index in [9.17, 15) is 9.59 Å². The molecule has 1 amide bonds. The molecule has 0 aliphatic heterocycles. The van der Waals surface area contributed by atoms with Crippen LogP contribution in [-0.4, -0.2) is 30.1 Å². The van der Waals surface area contributed by atoms with Crippen molar-refractivity contribution in [1.82, 2.24) is 5.32 Å². The second-order valence-electron chi connectivity index (χ2n) is 5.59. The summed E-state index contributed by atoms with van der Waals surface area (Å²) in [6.07, 6.45) is 3.78. The fourth-order valence-corrected chi connectivity index (χ4v) is 2.77. The van der Waals surface area contributed by atoms with Crippen molar-refractivity contribution in [3.05, 3.63) is 29.8 Å². The lowest BCUT2D eigenvalue weighted by Crippen LogP contribution is -2.30. The molecule has 114 valence electrons. The van der Waals surface area contributed by atoms with Crippen molar-refractivity contribution in [3.63, 3.8) is 0 Å². The van der Waals surface area contributed by atoms with Crippen LogP contribution in [0.1, 0.15) is 31.2 Å². The molecule has 1 fully saturated rings. The minimum Gasteiger partial charge on any atom is -0.481 e. The van der Waals surface area contributed by atoms with E-state index in [1.165, 1.54) is 0 Å². The number of likely N-dealkylation sites (N-methyl/N-ethyl adjacent to an activating group) is 1. The highest BCUT2D eigenvalue weighted by molar-refractivity contribution is 5.78. The van der Waals surface area contributed by atoms with Gasteiger partial charge in [0, 0.05) is 18.8 Å². The van der Waals surface area contributed by atoms with E-state index in [0.29, 0.717) is 12.8 Å². The first-order chi connectivity index (χ1) is 10.1. The molecule has 1 aromatic rings. The van der Waals surface area contributed by atoms with E-state index in [2.05, 4.69) is 10.6 Å². The van der Waals surface area contributed by atoms with Gasteiger partial charge in [0.1, 0.15) is 0 Å². The summed E-state index contributed by atoms with van der Waals surface area (Å²) in [6, 6.07) is 7.96. The summed E-state index contributed by atoms with van der Waals surface area (Å²) < 4.78 is 0. The van der Waals surface area contributed by atoms with Crippen LogP contribution in [0.5, 0.6) is 0 Å². The molecule has 0 aromatic heterocycles. The Morgan fingerprint density at radius 2 is 1.95 bits per heavy atom. The highest BCUT2D eigenvalue weighted by atomic mass is 16.4.